The van der Waals surface area contributed by atoms with Crippen LogP contribution >= 0.6 is 0 Å². The van der Waals surface area contributed by atoms with Gasteiger partial charge in [-0.3, -0.25) is 9.69 Å². The van der Waals surface area contributed by atoms with E-state index >= 15 is 0 Å². The molecule has 1 aliphatic rings. The summed E-state index contributed by atoms with van der Waals surface area (Å²) in [7, 11) is 0. The number of rotatable bonds is 6. The Bertz CT molecular complexity index is 772. The van der Waals surface area contributed by atoms with E-state index in [-0.39, 0.29) is 5.91 Å². The van der Waals surface area contributed by atoms with Crippen molar-refractivity contribution in [3.63, 3.8) is 0 Å². The van der Waals surface area contributed by atoms with Crippen LogP contribution in [0.15, 0.2) is 30.6 Å². The van der Waals surface area contributed by atoms with Crippen LogP contribution in [0.1, 0.15) is 49.6 Å². The van der Waals surface area contributed by atoms with Crippen molar-refractivity contribution in [3.8, 4) is 0 Å². The maximum absolute atomic E-state index is 12.4. The molecule has 5 heteroatoms. The lowest BCUT2D eigenvalue weighted by atomic mass is 9.96. The minimum Gasteiger partial charge on any atom is -0.334 e. The molecule has 0 atom stereocenters. The van der Waals surface area contributed by atoms with Crippen LogP contribution in [0.3, 0.4) is 0 Å². The molecule has 0 spiro atoms. The molecule has 5 nitrogen and oxygen atoms in total. The Hall–Kier alpha value is -2.14. The largest absolute Gasteiger partial charge is 0.334 e. The molecule has 2 heterocycles. The predicted octanol–water partition coefficient (Wildman–Crippen LogP) is 3.97. The maximum atomic E-state index is 12.4. The summed E-state index contributed by atoms with van der Waals surface area (Å²) in [4.78, 5) is 19.2. The van der Waals surface area contributed by atoms with Gasteiger partial charge in [-0.25, -0.2) is 4.98 Å². The fraction of sp³-hybridized carbons (Fsp3) is 0.545. The first-order valence-corrected chi connectivity index (χ1v) is 10.0. The number of likely N-dealkylation sites (tertiary alicyclic amines) is 1. The molecule has 0 aliphatic carbocycles. The molecule has 27 heavy (non-hydrogen) atoms. The van der Waals surface area contributed by atoms with Crippen LogP contribution in [0.4, 0.5) is 5.69 Å². The van der Waals surface area contributed by atoms with Gasteiger partial charge < -0.3 is 9.88 Å². The van der Waals surface area contributed by atoms with Gasteiger partial charge in [-0.1, -0.05) is 26.0 Å². The fourth-order valence-electron chi connectivity index (χ4n) is 3.84. The Morgan fingerprint density at radius 1 is 1.26 bits per heavy atom. The lowest BCUT2D eigenvalue weighted by molar-refractivity contribution is -0.117. The van der Waals surface area contributed by atoms with Crippen molar-refractivity contribution in [1.82, 2.24) is 14.5 Å². The van der Waals surface area contributed by atoms with E-state index in [9.17, 15) is 4.79 Å². The SMILES string of the molecule is Cc1ccc(C)c(NC(=O)CN2CCC(Cn3ccnc3C(C)C)CC2)c1. The van der Waals surface area contributed by atoms with Crippen molar-refractivity contribution in [2.24, 2.45) is 5.92 Å². The summed E-state index contributed by atoms with van der Waals surface area (Å²) in [6.45, 7) is 11.9. The molecular weight excluding hydrogens is 336 g/mol. The summed E-state index contributed by atoms with van der Waals surface area (Å²) >= 11 is 0. The molecule has 1 fully saturated rings. The third-order valence-corrected chi connectivity index (χ3v) is 5.46. The Balaban J connectivity index is 1.47. The zero-order valence-corrected chi connectivity index (χ0v) is 17.0. The fourth-order valence-corrected chi connectivity index (χ4v) is 3.84. The second-order valence-electron chi connectivity index (χ2n) is 8.18. The number of amides is 1. The number of anilines is 1. The number of aryl methyl sites for hydroxylation is 2. The van der Waals surface area contributed by atoms with Crippen LogP contribution in [0, 0.1) is 19.8 Å². The molecule has 3 rings (SSSR count). The van der Waals surface area contributed by atoms with Gasteiger partial charge in [0.1, 0.15) is 5.82 Å². The van der Waals surface area contributed by atoms with Crippen LogP contribution < -0.4 is 5.32 Å². The van der Waals surface area contributed by atoms with E-state index in [2.05, 4.69) is 51.9 Å². The van der Waals surface area contributed by atoms with Crippen molar-refractivity contribution >= 4 is 11.6 Å². The van der Waals surface area contributed by atoms with Gasteiger partial charge in [0.15, 0.2) is 0 Å². The van der Waals surface area contributed by atoms with E-state index in [1.807, 2.05) is 26.1 Å². The average Bonchev–Trinajstić information content (AvgIpc) is 3.08. The molecule has 146 valence electrons. The first-order valence-electron chi connectivity index (χ1n) is 10.0. The Morgan fingerprint density at radius 3 is 2.70 bits per heavy atom. The van der Waals surface area contributed by atoms with Crippen LogP contribution in [0.5, 0.6) is 0 Å². The van der Waals surface area contributed by atoms with Gasteiger partial charge in [-0.15, -0.1) is 0 Å². The molecule has 0 bridgehead atoms. The number of piperidine rings is 1. The molecule has 1 saturated heterocycles. The number of nitrogens with one attached hydrogen (secondary N) is 1. The lowest BCUT2D eigenvalue weighted by Gasteiger charge is -2.32. The van der Waals surface area contributed by atoms with E-state index < -0.39 is 0 Å². The second kappa shape index (κ2) is 8.70. The molecular formula is C22H32N4O. The van der Waals surface area contributed by atoms with Gasteiger partial charge in [-0.05, 0) is 62.9 Å². The smallest absolute Gasteiger partial charge is 0.238 e. The number of carbonyl (C=O) groups is 1. The van der Waals surface area contributed by atoms with Gasteiger partial charge >= 0.3 is 0 Å². The third kappa shape index (κ3) is 5.19. The highest BCUT2D eigenvalue weighted by Gasteiger charge is 2.22. The number of benzene rings is 1. The van der Waals surface area contributed by atoms with Crippen molar-refractivity contribution < 1.29 is 4.79 Å². The number of aromatic nitrogens is 2. The van der Waals surface area contributed by atoms with Crippen molar-refractivity contribution in [3.05, 3.63) is 47.5 Å². The molecule has 1 aromatic heterocycles. The highest BCUT2D eigenvalue weighted by atomic mass is 16.2. The highest BCUT2D eigenvalue weighted by molar-refractivity contribution is 5.93. The second-order valence-corrected chi connectivity index (χ2v) is 8.18. The molecule has 0 unspecified atom stereocenters. The van der Waals surface area contributed by atoms with Crippen LogP contribution in [-0.2, 0) is 11.3 Å². The van der Waals surface area contributed by atoms with E-state index in [1.54, 1.807) is 0 Å². The van der Waals surface area contributed by atoms with Gasteiger partial charge in [0, 0.05) is 30.5 Å². The normalized spacial score (nSPS) is 16.0. The summed E-state index contributed by atoms with van der Waals surface area (Å²) in [5.41, 5.74) is 3.20. The minimum absolute atomic E-state index is 0.0823. The molecule has 1 amide bonds. The first kappa shape index (κ1) is 19.6. The van der Waals surface area contributed by atoms with Crippen molar-refractivity contribution in [2.45, 2.75) is 53.0 Å². The van der Waals surface area contributed by atoms with Crippen molar-refractivity contribution in [1.29, 1.82) is 0 Å². The quantitative estimate of drug-likeness (QED) is 0.839. The Kier molecular flexibility index (Phi) is 6.32. The number of carbonyl (C=O) groups excluding carboxylic acids is 1. The predicted molar refractivity (Wildman–Crippen MR) is 110 cm³/mol. The maximum Gasteiger partial charge on any atom is 0.238 e. The third-order valence-electron chi connectivity index (χ3n) is 5.46. The van der Waals surface area contributed by atoms with Crippen LogP contribution in [-0.4, -0.2) is 40.0 Å². The summed E-state index contributed by atoms with van der Waals surface area (Å²) in [5, 5.41) is 3.07. The molecule has 1 aliphatic heterocycles. The Morgan fingerprint density at radius 2 is 2.00 bits per heavy atom. The van der Waals surface area contributed by atoms with E-state index in [4.69, 9.17) is 0 Å². The minimum atomic E-state index is 0.0823. The van der Waals surface area contributed by atoms with Gasteiger partial charge in [0.2, 0.25) is 5.91 Å². The number of hydrogen-bond donors (Lipinski definition) is 1. The number of hydrogen-bond acceptors (Lipinski definition) is 3. The average molecular weight is 369 g/mol. The molecule has 1 N–H and O–H groups in total. The summed E-state index contributed by atoms with van der Waals surface area (Å²) in [6, 6.07) is 6.16. The molecule has 1 aromatic carbocycles. The molecule has 0 radical (unpaired) electrons. The van der Waals surface area contributed by atoms with Gasteiger partial charge in [-0.2, -0.15) is 0 Å². The van der Waals surface area contributed by atoms with Crippen LogP contribution in [0.25, 0.3) is 0 Å². The lowest BCUT2D eigenvalue weighted by Crippen LogP contribution is -2.40. The highest BCUT2D eigenvalue weighted by Crippen LogP contribution is 2.22. The standard InChI is InChI=1S/C22H32N4O/c1-16(2)22-23-9-12-26(22)14-19-7-10-25(11-8-19)15-21(27)24-20-13-17(3)5-6-18(20)4/h5-6,9,12-13,16,19H,7-8,10-11,14-15H2,1-4H3,(H,24,27). The van der Waals surface area contributed by atoms with Crippen molar-refractivity contribution in [2.75, 3.05) is 25.0 Å². The summed E-state index contributed by atoms with van der Waals surface area (Å²) < 4.78 is 2.30. The zero-order chi connectivity index (χ0) is 19.4. The molecule has 2 aromatic rings. The van der Waals surface area contributed by atoms with E-state index in [0.29, 0.717) is 18.4 Å². The number of imidazole rings is 1. The van der Waals surface area contributed by atoms with Gasteiger partial charge in [0.05, 0.1) is 6.54 Å². The topological polar surface area (TPSA) is 50.2 Å². The monoisotopic (exact) mass is 368 g/mol. The zero-order valence-electron chi connectivity index (χ0n) is 17.0. The summed E-state index contributed by atoms with van der Waals surface area (Å²) in [6.07, 6.45) is 6.26. The number of nitrogens with zero attached hydrogens (tertiary/aromatic N) is 3. The van der Waals surface area contributed by atoms with E-state index in [1.165, 1.54) is 5.82 Å². The van der Waals surface area contributed by atoms with E-state index in [0.717, 1.165) is 49.3 Å². The van der Waals surface area contributed by atoms with Crippen LogP contribution in [0.2, 0.25) is 0 Å². The van der Waals surface area contributed by atoms with Gasteiger partial charge in [0.25, 0.3) is 0 Å². The molecule has 0 saturated carbocycles. The summed E-state index contributed by atoms with van der Waals surface area (Å²) in [5.74, 6) is 2.37. The first-order chi connectivity index (χ1) is 12.9. The Labute approximate surface area is 162 Å².